The lowest BCUT2D eigenvalue weighted by Gasteiger charge is -2.14. The molecule has 0 heterocycles. The molecule has 4 nitrogen and oxygen atoms in total. The molecule has 3 N–H and O–H groups in total. The molecule has 0 bridgehead atoms. The largest absolute Gasteiger partial charge is 0.370 e. The highest BCUT2D eigenvalue weighted by Gasteiger charge is 2.19. The second-order valence-electron chi connectivity index (χ2n) is 6.23. The number of carbonyl (C=O) groups excluding carboxylic acids is 2. The van der Waals surface area contributed by atoms with E-state index in [0.29, 0.717) is 6.54 Å². The molecule has 0 aromatic carbocycles. The molecule has 4 heteroatoms. The zero-order valence-electron chi connectivity index (χ0n) is 14.7. The molecule has 0 aromatic heterocycles. The summed E-state index contributed by atoms with van der Waals surface area (Å²) in [6.45, 7) is 4.73. The summed E-state index contributed by atoms with van der Waals surface area (Å²) in [5.74, 6) is -0.660. The maximum Gasteiger partial charge on any atom is 0.223 e. The molecule has 1 atom stereocenters. The first-order valence-electron chi connectivity index (χ1n) is 9.17. The highest BCUT2D eigenvalue weighted by molar-refractivity contribution is 5.84. The van der Waals surface area contributed by atoms with Gasteiger partial charge in [-0.1, -0.05) is 71.1 Å². The predicted octanol–water partition coefficient (Wildman–Crippen LogP) is 3.93. The van der Waals surface area contributed by atoms with Gasteiger partial charge in [-0.2, -0.15) is 0 Å². The van der Waals surface area contributed by atoms with Crippen molar-refractivity contribution in [2.24, 2.45) is 11.7 Å². The van der Waals surface area contributed by atoms with Gasteiger partial charge in [0.15, 0.2) is 0 Å². The molecule has 130 valence electrons. The number of nitrogens with two attached hydrogens (primary N) is 1. The Morgan fingerprint density at radius 1 is 0.864 bits per heavy atom. The van der Waals surface area contributed by atoms with Crippen LogP contribution < -0.4 is 11.1 Å². The molecular formula is C18H36N2O2. The molecule has 0 rings (SSSR count). The van der Waals surface area contributed by atoms with Crippen molar-refractivity contribution >= 4 is 11.8 Å². The molecule has 0 saturated carbocycles. The normalized spacial score (nSPS) is 12.1. The Kier molecular flexibility index (Phi) is 14.1. The van der Waals surface area contributed by atoms with Gasteiger partial charge in [0.1, 0.15) is 0 Å². The van der Waals surface area contributed by atoms with Gasteiger partial charge < -0.3 is 11.1 Å². The lowest BCUT2D eigenvalue weighted by Crippen LogP contribution is -2.33. The predicted molar refractivity (Wildman–Crippen MR) is 92.4 cm³/mol. The van der Waals surface area contributed by atoms with Crippen molar-refractivity contribution in [1.82, 2.24) is 5.32 Å². The molecular weight excluding hydrogens is 276 g/mol. The molecule has 0 fully saturated rings. The van der Waals surface area contributed by atoms with Crippen LogP contribution in [0.25, 0.3) is 0 Å². The van der Waals surface area contributed by atoms with Gasteiger partial charge in [-0.25, -0.2) is 0 Å². The summed E-state index contributed by atoms with van der Waals surface area (Å²) in [5.41, 5.74) is 5.23. The lowest BCUT2D eigenvalue weighted by atomic mass is 9.95. The third-order valence-corrected chi connectivity index (χ3v) is 4.08. The van der Waals surface area contributed by atoms with Crippen molar-refractivity contribution in [3.8, 4) is 0 Å². The van der Waals surface area contributed by atoms with Gasteiger partial charge in [-0.15, -0.1) is 0 Å². The molecule has 0 radical (unpaired) electrons. The third kappa shape index (κ3) is 12.7. The van der Waals surface area contributed by atoms with E-state index in [4.69, 9.17) is 5.73 Å². The van der Waals surface area contributed by atoms with Crippen molar-refractivity contribution in [3.63, 3.8) is 0 Å². The van der Waals surface area contributed by atoms with Crippen molar-refractivity contribution in [2.75, 3.05) is 6.54 Å². The molecule has 0 aliphatic rings. The Morgan fingerprint density at radius 2 is 1.36 bits per heavy atom. The minimum Gasteiger partial charge on any atom is -0.370 e. The number of amides is 2. The smallest absolute Gasteiger partial charge is 0.223 e. The topological polar surface area (TPSA) is 72.2 Å². The van der Waals surface area contributed by atoms with E-state index in [1.165, 1.54) is 51.4 Å². The van der Waals surface area contributed by atoms with E-state index >= 15 is 0 Å². The first-order valence-corrected chi connectivity index (χ1v) is 9.17. The number of primary amides is 1. The van der Waals surface area contributed by atoms with Crippen molar-refractivity contribution in [1.29, 1.82) is 0 Å². The van der Waals surface area contributed by atoms with Crippen LogP contribution in [0.4, 0.5) is 0 Å². The molecule has 2 amide bonds. The van der Waals surface area contributed by atoms with E-state index in [1.807, 2.05) is 6.92 Å². The number of unbranched alkanes of at least 4 members (excludes halogenated alkanes) is 9. The Bertz CT molecular complexity index is 293. The monoisotopic (exact) mass is 312 g/mol. The van der Waals surface area contributed by atoms with Crippen LogP contribution in [0.1, 0.15) is 90.9 Å². The van der Waals surface area contributed by atoms with Gasteiger partial charge >= 0.3 is 0 Å². The maximum absolute atomic E-state index is 11.9. The Balaban J connectivity index is 3.63. The number of rotatable bonds is 15. The summed E-state index contributed by atoms with van der Waals surface area (Å²) in [7, 11) is 0. The van der Waals surface area contributed by atoms with Gasteiger partial charge in [0.05, 0.1) is 0 Å². The fourth-order valence-corrected chi connectivity index (χ4v) is 2.77. The van der Waals surface area contributed by atoms with Gasteiger partial charge in [-0.05, 0) is 13.3 Å². The van der Waals surface area contributed by atoms with Crippen LogP contribution in [0, 0.1) is 5.92 Å². The van der Waals surface area contributed by atoms with E-state index < -0.39 is 0 Å². The average Bonchev–Trinajstić information content (AvgIpc) is 2.47. The molecule has 0 saturated heterocycles. The van der Waals surface area contributed by atoms with E-state index in [0.717, 1.165) is 19.3 Å². The molecule has 0 spiro atoms. The van der Waals surface area contributed by atoms with Crippen molar-refractivity contribution in [2.45, 2.75) is 90.9 Å². The quantitative estimate of drug-likeness (QED) is 0.450. The molecule has 0 aliphatic heterocycles. The number of nitrogens with one attached hydrogen (secondary N) is 1. The summed E-state index contributed by atoms with van der Waals surface area (Å²) >= 11 is 0. The van der Waals surface area contributed by atoms with E-state index in [9.17, 15) is 9.59 Å². The lowest BCUT2D eigenvalue weighted by molar-refractivity contribution is -0.129. The molecule has 1 unspecified atom stereocenters. The second-order valence-corrected chi connectivity index (χ2v) is 6.23. The summed E-state index contributed by atoms with van der Waals surface area (Å²) in [5, 5.41) is 2.79. The van der Waals surface area contributed by atoms with Crippen LogP contribution in [-0.2, 0) is 9.59 Å². The summed E-state index contributed by atoms with van der Waals surface area (Å²) in [6.07, 6.45) is 13.7. The van der Waals surface area contributed by atoms with Gasteiger partial charge in [0, 0.05) is 18.9 Å². The molecule has 0 aliphatic carbocycles. The standard InChI is InChI=1S/C18H36N2O2/c1-3-5-6-7-8-9-10-11-12-13-14-16(15-17(19)21)18(22)20-4-2/h16H,3-15H2,1-2H3,(H2,19,21)(H,20,22). The van der Waals surface area contributed by atoms with E-state index in [-0.39, 0.29) is 24.2 Å². The minimum absolute atomic E-state index is 0.0303. The fraction of sp³-hybridized carbons (Fsp3) is 0.889. The number of hydrogen-bond acceptors (Lipinski definition) is 2. The second kappa shape index (κ2) is 14.9. The van der Waals surface area contributed by atoms with Crippen molar-refractivity contribution in [3.05, 3.63) is 0 Å². The van der Waals surface area contributed by atoms with Crippen LogP contribution >= 0.6 is 0 Å². The van der Waals surface area contributed by atoms with Crippen LogP contribution in [0.2, 0.25) is 0 Å². The van der Waals surface area contributed by atoms with Crippen LogP contribution in [0.3, 0.4) is 0 Å². The van der Waals surface area contributed by atoms with Crippen LogP contribution in [0.5, 0.6) is 0 Å². The maximum atomic E-state index is 11.9. The third-order valence-electron chi connectivity index (χ3n) is 4.08. The SMILES string of the molecule is CCCCCCCCCCCCC(CC(N)=O)C(=O)NCC. The van der Waals surface area contributed by atoms with Crippen LogP contribution in [-0.4, -0.2) is 18.4 Å². The zero-order chi connectivity index (χ0) is 16.6. The highest BCUT2D eigenvalue weighted by Crippen LogP contribution is 2.16. The average molecular weight is 312 g/mol. The van der Waals surface area contributed by atoms with Gasteiger partial charge in [0.2, 0.25) is 11.8 Å². The van der Waals surface area contributed by atoms with Gasteiger partial charge in [0.25, 0.3) is 0 Å². The minimum atomic E-state index is -0.386. The first-order chi connectivity index (χ1) is 10.6. The molecule has 22 heavy (non-hydrogen) atoms. The summed E-state index contributed by atoms with van der Waals surface area (Å²) in [4.78, 5) is 22.9. The van der Waals surface area contributed by atoms with E-state index in [2.05, 4.69) is 12.2 Å². The summed E-state index contributed by atoms with van der Waals surface area (Å²) in [6, 6.07) is 0. The van der Waals surface area contributed by atoms with Gasteiger partial charge in [-0.3, -0.25) is 9.59 Å². The zero-order valence-corrected chi connectivity index (χ0v) is 14.7. The summed E-state index contributed by atoms with van der Waals surface area (Å²) < 4.78 is 0. The Morgan fingerprint density at radius 3 is 1.82 bits per heavy atom. The fourth-order valence-electron chi connectivity index (χ4n) is 2.77. The first kappa shape index (κ1) is 20.9. The van der Waals surface area contributed by atoms with Crippen molar-refractivity contribution < 1.29 is 9.59 Å². The highest BCUT2D eigenvalue weighted by atomic mass is 16.2. The number of hydrogen-bond donors (Lipinski definition) is 2. The number of carbonyl (C=O) groups is 2. The van der Waals surface area contributed by atoms with E-state index in [1.54, 1.807) is 0 Å². The molecule has 0 aromatic rings. The Hall–Kier alpha value is -1.06. The Labute approximate surface area is 136 Å². The van der Waals surface area contributed by atoms with Crippen LogP contribution in [0.15, 0.2) is 0 Å².